The van der Waals surface area contributed by atoms with Crippen molar-refractivity contribution >= 4 is 41.2 Å². The van der Waals surface area contributed by atoms with Crippen molar-refractivity contribution in [1.82, 2.24) is 5.32 Å². The predicted octanol–water partition coefficient (Wildman–Crippen LogP) is 4.28. The zero-order chi connectivity index (χ0) is 21.3. The molecule has 0 unspecified atom stereocenters. The minimum absolute atomic E-state index is 0.220. The summed E-state index contributed by atoms with van der Waals surface area (Å²) in [6.45, 7) is 0. The molecule has 0 atom stereocenters. The third-order valence-corrected chi connectivity index (χ3v) is 4.73. The Balaban J connectivity index is 1.65. The largest absolute Gasteiger partial charge is 0.497 e. The maximum Gasteiger partial charge on any atom is 0.335 e. The average molecular weight is 423 g/mol. The number of ether oxygens (including phenoxy) is 1. The van der Waals surface area contributed by atoms with Crippen molar-refractivity contribution in [3.63, 3.8) is 0 Å². The molecule has 1 aliphatic heterocycles. The van der Waals surface area contributed by atoms with Crippen LogP contribution in [0.4, 0.5) is 10.5 Å². The van der Waals surface area contributed by atoms with Crippen LogP contribution in [0.2, 0.25) is 5.02 Å². The molecular formula is C22H15ClN2O5. The Morgan fingerprint density at radius 2 is 1.67 bits per heavy atom. The minimum atomic E-state index is -0.825. The number of carbonyl (C=O) groups excluding carboxylic acids is 3. The lowest BCUT2D eigenvalue weighted by Crippen LogP contribution is -2.54. The van der Waals surface area contributed by atoms with Crippen LogP contribution in [0.1, 0.15) is 5.76 Å². The number of hydrogen-bond donors (Lipinski definition) is 1. The van der Waals surface area contributed by atoms with Gasteiger partial charge in [0.15, 0.2) is 0 Å². The molecule has 0 bridgehead atoms. The van der Waals surface area contributed by atoms with E-state index in [9.17, 15) is 14.4 Å². The molecule has 30 heavy (non-hydrogen) atoms. The highest BCUT2D eigenvalue weighted by atomic mass is 35.5. The smallest absolute Gasteiger partial charge is 0.335 e. The number of furan rings is 1. The van der Waals surface area contributed by atoms with E-state index in [1.165, 1.54) is 13.2 Å². The lowest BCUT2D eigenvalue weighted by molar-refractivity contribution is -0.122. The molecule has 4 amide bonds. The Morgan fingerprint density at radius 3 is 2.33 bits per heavy atom. The van der Waals surface area contributed by atoms with E-state index in [1.807, 2.05) is 0 Å². The molecule has 0 radical (unpaired) electrons. The number of rotatable bonds is 4. The van der Waals surface area contributed by atoms with Gasteiger partial charge in [0.2, 0.25) is 0 Å². The average Bonchev–Trinajstić information content (AvgIpc) is 3.21. The van der Waals surface area contributed by atoms with Gasteiger partial charge >= 0.3 is 6.03 Å². The number of urea groups is 1. The third kappa shape index (κ3) is 3.70. The summed E-state index contributed by atoms with van der Waals surface area (Å²) in [5, 5.41) is 2.77. The molecule has 8 heteroatoms. The second kappa shape index (κ2) is 7.88. The molecule has 0 saturated carbocycles. The first-order valence-electron chi connectivity index (χ1n) is 8.87. The second-order valence-corrected chi connectivity index (χ2v) is 6.80. The highest BCUT2D eigenvalue weighted by molar-refractivity contribution is 6.39. The number of halogens is 1. The molecule has 1 N–H and O–H groups in total. The van der Waals surface area contributed by atoms with Gasteiger partial charge < -0.3 is 9.15 Å². The first-order valence-corrected chi connectivity index (χ1v) is 9.25. The molecule has 7 nitrogen and oxygen atoms in total. The molecule has 1 aromatic heterocycles. The quantitative estimate of drug-likeness (QED) is 0.501. The lowest BCUT2D eigenvalue weighted by atomic mass is 10.1. The van der Waals surface area contributed by atoms with Crippen molar-refractivity contribution in [1.29, 1.82) is 0 Å². The summed E-state index contributed by atoms with van der Waals surface area (Å²) in [6, 6.07) is 15.9. The van der Waals surface area contributed by atoms with Crippen molar-refractivity contribution in [2.75, 3.05) is 12.0 Å². The van der Waals surface area contributed by atoms with Crippen LogP contribution in [0.3, 0.4) is 0 Å². The Hall–Kier alpha value is -3.84. The Labute approximate surface area is 176 Å². The van der Waals surface area contributed by atoms with E-state index in [2.05, 4.69) is 5.32 Å². The summed E-state index contributed by atoms with van der Waals surface area (Å²) >= 11 is 5.90. The molecule has 4 rings (SSSR count). The second-order valence-electron chi connectivity index (χ2n) is 6.36. The van der Waals surface area contributed by atoms with E-state index < -0.39 is 17.8 Å². The van der Waals surface area contributed by atoms with Crippen molar-refractivity contribution in [2.24, 2.45) is 0 Å². The van der Waals surface area contributed by atoms with Crippen LogP contribution in [-0.2, 0) is 9.59 Å². The predicted molar refractivity (Wildman–Crippen MR) is 111 cm³/mol. The maximum absolute atomic E-state index is 12.9. The van der Waals surface area contributed by atoms with Crippen LogP contribution < -0.4 is 15.0 Å². The first-order chi connectivity index (χ1) is 14.5. The first kappa shape index (κ1) is 19.5. The highest BCUT2D eigenvalue weighted by Crippen LogP contribution is 2.27. The number of amides is 4. The number of barbiturate groups is 1. The zero-order valence-electron chi connectivity index (χ0n) is 15.7. The Morgan fingerprint density at radius 1 is 0.967 bits per heavy atom. The van der Waals surface area contributed by atoms with Crippen molar-refractivity contribution in [3.8, 4) is 17.1 Å². The van der Waals surface area contributed by atoms with Gasteiger partial charge in [0, 0.05) is 10.6 Å². The number of anilines is 1. The van der Waals surface area contributed by atoms with E-state index in [0.717, 1.165) is 10.5 Å². The van der Waals surface area contributed by atoms with E-state index >= 15 is 0 Å². The van der Waals surface area contributed by atoms with Crippen LogP contribution in [0, 0.1) is 0 Å². The van der Waals surface area contributed by atoms with Crippen molar-refractivity contribution in [3.05, 3.63) is 77.0 Å². The Kier molecular flexibility index (Phi) is 5.12. The maximum atomic E-state index is 12.9. The van der Waals surface area contributed by atoms with E-state index in [0.29, 0.717) is 28.0 Å². The molecule has 2 heterocycles. The SMILES string of the molecule is COc1ccc(N2C(=O)NC(=O)C(=Cc3ccc(-c4ccc(Cl)cc4)o3)C2=O)cc1. The van der Waals surface area contributed by atoms with Gasteiger partial charge in [-0.3, -0.25) is 14.9 Å². The van der Waals surface area contributed by atoms with Crippen LogP contribution >= 0.6 is 11.6 Å². The van der Waals surface area contributed by atoms with Crippen LogP contribution in [0.25, 0.3) is 17.4 Å². The van der Waals surface area contributed by atoms with Crippen LogP contribution in [0.15, 0.2) is 70.7 Å². The van der Waals surface area contributed by atoms with Crippen LogP contribution in [-0.4, -0.2) is 25.0 Å². The fourth-order valence-corrected chi connectivity index (χ4v) is 3.09. The van der Waals surface area contributed by atoms with Crippen molar-refractivity contribution < 1.29 is 23.5 Å². The highest BCUT2D eigenvalue weighted by Gasteiger charge is 2.37. The number of carbonyl (C=O) groups is 3. The Bertz CT molecular complexity index is 1160. The number of nitrogens with zero attached hydrogens (tertiary/aromatic N) is 1. The molecule has 150 valence electrons. The summed E-state index contributed by atoms with van der Waals surface area (Å²) < 4.78 is 10.8. The van der Waals surface area contributed by atoms with Crippen molar-refractivity contribution in [2.45, 2.75) is 0 Å². The molecule has 1 saturated heterocycles. The topological polar surface area (TPSA) is 88.8 Å². The molecular weight excluding hydrogens is 408 g/mol. The van der Waals surface area contributed by atoms with E-state index in [-0.39, 0.29) is 5.57 Å². The summed E-state index contributed by atoms with van der Waals surface area (Å²) in [6.07, 6.45) is 1.31. The minimum Gasteiger partial charge on any atom is -0.497 e. The van der Waals surface area contributed by atoms with Gasteiger partial charge in [-0.1, -0.05) is 11.6 Å². The monoisotopic (exact) mass is 422 g/mol. The standard InChI is InChI=1S/C22H15ClN2O5/c1-29-16-8-6-15(7-9-16)25-21(27)18(20(26)24-22(25)28)12-17-10-11-19(30-17)13-2-4-14(23)5-3-13/h2-12H,1H3,(H,24,26,28). The number of imide groups is 2. The summed E-state index contributed by atoms with van der Waals surface area (Å²) in [5.41, 5.74) is 0.874. The van der Waals surface area contributed by atoms with Gasteiger partial charge in [0.25, 0.3) is 11.8 Å². The zero-order valence-corrected chi connectivity index (χ0v) is 16.5. The molecule has 3 aromatic rings. The number of nitrogens with one attached hydrogen (secondary N) is 1. The molecule has 1 fully saturated rings. The molecule has 0 aliphatic carbocycles. The van der Waals surface area contributed by atoms with Gasteiger partial charge in [-0.05, 0) is 66.7 Å². The molecule has 2 aromatic carbocycles. The molecule has 0 spiro atoms. The van der Waals surface area contributed by atoms with Gasteiger partial charge in [-0.25, -0.2) is 9.69 Å². The summed E-state index contributed by atoms with van der Waals surface area (Å²) in [5.74, 6) is -0.133. The normalized spacial score (nSPS) is 15.5. The third-order valence-electron chi connectivity index (χ3n) is 4.47. The fraction of sp³-hybridized carbons (Fsp3) is 0.0455. The number of hydrogen-bond acceptors (Lipinski definition) is 5. The van der Waals surface area contributed by atoms with Gasteiger partial charge in [0.1, 0.15) is 22.8 Å². The summed E-state index contributed by atoms with van der Waals surface area (Å²) in [4.78, 5) is 38.3. The molecule has 1 aliphatic rings. The lowest BCUT2D eigenvalue weighted by Gasteiger charge is -2.26. The van der Waals surface area contributed by atoms with Crippen LogP contribution in [0.5, 0.6) is 5.75 Å². The summed E-state index contributed by atoms with van der Waals surface area (Å²) in [7, 11) is 1.51. The number of benzene rings is 2. The van der Waals surface area contributed by atoms with Gasteiger partial charge in [-0.15, -0.1) is 0 Å². The fourth-order valence-electron chi connectivity index (χ4n) is 2.97. The van der Waals surface area contributed by atoms with Gasteiger partial charge in [-0.2, -0.15) is 0 Å². The van der Waals surface area contributed by atoms with E-state index in [1.54, 1.807) is 60.7 Å². The van der Waals surface area contributed by atoms with Gasteiger partial charge in [0.05, 0.1) is 12.8 Å². The number of methoxy groups -OCH3 is 1. The van der Waals surface area contributed by atoms with E-state index in [4.69, 9.17) is 20.8 Å².